The Balaban J connectivity index is 1.35. The van der Waals surface area contributed by atoms with E-state index >= 15 is 0 Å². The highest BCUT2D eigenvalue weighted by molar-refractivity contribution is 7.15. The summed E-state index contributed by atoms with van der Waals surface area (Å²) in [5.74, 6) is 0.171. The minimum absolute atomic E-state index is 0.120. The van der Waals surface area contributed by atoms with Crippen molar-refractivity contribution < 1.29 is 14.3 Å². The lowest BCUT2D eigenvalue weighted by atomic mass is 9.90. The van der Waals surface area contributed by atoms with Gasteiger partial charge in [0.05, 0.1) is 6.10 Å². The molecule has 0 radical (unpaired) electrons. The van der Waals surface area contributed by atoms with Gasteiger partial charge in [0, 0.05) is 31.9 Å². The highest BCUT2D eigenvalue weighted by Gasteiger charge is 2.20. The molecule has 0 aromatic carbocycles. The monoisotopic (exact) mass is 366 g/mol. The summed E-state index contributed by atoms with van der Waals surface area (Å²) in [5, 5.41) is 15.4. The van der Waals surface area contributed by atoms with Gasteiger partial charge in [-0.05, 0) is 25.7 Å². The van der Waals surface area contributed by atoms with Crippen LogP contribution in [0, 0.1) is 0 Å². The zero-order valence-corrected chi connectivity index (χ0v) is 15.3. The molecule has 2 N–H and O–H groups in total. The summed E-state index contributed by atoms with van der Waals surface area (Å²) in [7, 11) is 0. The second-order valence-corrected chi connectivity index (χ2v) is 7.78. The maximum Gasteiger partial charge on any atom is 0.226 e. The van der Waals surface area contributed by atoms with Crippen molar-refractivity contribution in [2.45, 2.75) is 69.8 Å². The first-order valence-corrected chi connectivity index (χ1v) is 10.0. The van der Waals surface area contributed by atoms with Gasteiger partial charge >= 0.3 is 0 Å². The molecule has 2 heterocycles. The number of nitrogens with one attached hydrogen (secondary N) is 2. The van der Waals surface area contributed by atoms with Crippen LogP contribution in [0.1, 0.15) is 68.7 Å². The van der Waals surface area contributed by atoms with E-state index in [1.54, 1.807) is 0 Å². The van der Waals surface area contributed by atoms with Gasteiger partial charge in [-0.3, -0.25) is 9.59 Å². The van der Waals surface area contributed by atoms with Gasteiger partial charge in [0.2, 0.25) is 16.9 Å². The van der Waals surface area contributed by atoms with Crippen LogP contribution in [0.2, 0.25) is 0 Å². The van der Waals surface area contributed by atoms with Gasteiger partial charge in [0.15, 0.2) is 0 Å². The first-order valence-electron chi connectivity index (χ1n) is 9.22. The quantitative estimate of drug-likeness (QED) is 0.774. The summed E-state index contributed by atoms with van der Waals surface area (Å²) in [6, 6.07) is 0. The fourth-order valence-electron chi connectivity index (χ4n) is 3.33. The molecule has 2 aliphatic rings. The summed E-state index contributed by atoms with van der Waals surface area (Å²) < 4.78 is 5.45. The van der Waals surface area contributed by atoms with Crippen molar-refractivity contribution in [1.82, 2.24) is 15.5 Å². The number of ether oxygens (including phenoxy) is 1. The SMILES string of the molecule is O=C(CCC(=O)Nc1nnc(C2CCCCC2)s1)NC[C@H]1CCCO1. The average Bonchev–Trinajstić information content (AvgIpc) is 3.31. The molecule has 1 atom stereocenters. The van der Waals surface area contributed by atoms with Crippen LogP contribution < -0.4 is 10.6 Å². The van der Waals surface area contributed by atoms with Crippen LogP contribution in [-0.2, 0) is 14.3 Å². The molecule has 7 nitrogen and oxygen atoms in total. The second-order valence-electron chi connectivity index (χ2n) is 6.77. The smallest absolute Gasteiger partial charge is 0.226 e. The van der Waals surface area contributed by atoms with E-state index in [-0.39, 0.29) is 30.8 Å². The van der Waals surface area contributed by atoms with Crippen molar-refractivity contribution in [3.05, 3.63) is 5.01 Å². The van der Waals surface area contributed by atoms with Crippen LogP contribution in [0.25, 0.3) is 0 Å². The van der Waals surface area contributed by atoms with Crippen LogP contribution in [0.3, 0.4) is 0 Å². The standard InChI is InChI=1S/C17H26N4O3S/c22-14(18-11-13-7-4-10-24-13)8-9-15(23)19-17-21-20-16(25-17)12-5-2-1-3-6-12/h12-13H,1-11H2,(H,18,22)(H,19,21,23)/t13-/m1/s1. The molecular weight excluding hydrogens is 340 g/mol. The molecule has 1 aliphatic carbocycles. The number of anilines is 1. The Morgan fingerprint density at radius 1 is 1.04 bits per heavy atom. The van der Waals surface area contributed by atoms with Gasteiger partial charge in [-0.25, -0.2) is 0 Å². The number of rotatable bonds is 7. The number of aromatic nitrogens is 2. The van der Waals surface area contributed by atoms with Gasteiger partial charge in [0.1, 0.15) is 5.01 Å². The molecule has 0 unspecified atom stereocenters. The zero-order chi connectivity index (χ0) is 17.5. The van der Waals surface area contributed by atoms with Crippen molar-refractivity contribution in [2.24, 2.45) is 0 Å². The van der Waals surface area contributed by atoms with E-state index in [2.05, 4.69) is 20.8 Å². The Morgan fingerprint density at radius 2 is 1.84 bits per heavy atom. The molecule has 1 aliphatic heterocycles. The number of hydrogen-bond acceptors (Lipinski definition) is 6. The van der Waals surface area contributed by atoms with Crippen molar-refractivity contribution in [3.8, 4) is 0 Å². The fraction of sp³-hybridized carbons (Fsp3) is 0.765. The van der Waals surface area contributed by atoms with Gasteiger partial charge in [-0.1, -0.05) is 30.6 Å². The number of carbonyl (C=O) groups excluding carboxylic acids is 2. The van der Waals surface area contributed by atoms with Gasteiger partial charge in [0.25, 0.3) is 0 Å². The largest absolute Gasteiger partial charge is 0.376 e. The van der Waals surface area contributed by atoms with E-state index in [1.807, 2.05) is 0 Å². The predicted molar refractivity (Wildman–Crippen MR) is 95.6 cm³/mol. The van der Waals surface area contributed by atoms with Crippen LogP contribution in [0.5, 0.6) is 0 Å². The minimum Gasteiger partial charge on any atom is -0.376 e. The molecule has 8 heteroatoms. The normalized spacial score (nSPS) is 21.2. The second kappa shape index (κ2) is 9.24. The Labute approximate surface area is 151 Å². The van der Waals surface area contributed by atoms with E-state index in [9.17, 15) is 9.59 Å². The summed E-state index contributed by atoms with van der Waals surface area (Å²) >= 11 is 1.46. The van der Waals surface area contributed by atoms with E-state index < -0.39 is 0 Å². The van der Waals surface area contributed by atoms with Gasteiger partial charge in [-0.2, -0.15) is 0 Å². The molecule has 2 fully saturated rings. The summed E-state index contributed by atoms with van der Waals surface area (Å²) in [6.07, 6.45) is 8.59. The molecule has 0 bridgehead atoms. The Hall–Kier alpha value is -1.54. The number of carbonyl (C=O) groups is 2. The first-order chi connectivity index (χ1) is 12.2. The van der Waals surface area contributed by atoms with Crippen LogP contribution >= 0.6 is 11.3 Å². The summed E-state index contributed by atoms with van der Waals surface area (Å²) in [4.78, 5) is 23.8. The molecule has 3 rings (SSSR count). The average molecular weight is 366 g/mol. The fourth-order valence-corrected chi connectivity index (χ4v) is 4.26. The van der Waals surface area contributed by atoms with Crippen molar-refractivity contribution in [2.75, 3.05) is 18.5 Å². The Bertz CT molecular complexity index is 580. The summed E-state index contributed by atoms with van der Waals surface area (Å²) in [5.41, 5.74) is 0. The highest BCUT2D eigenvalue weighted by atomic mass is 32.1. The molecule has 1 saturated carbocycles. The van der Waals surface area contributed by atoms with Gasteiger partial charge in [-0.15, -0.1) is 10.2 Å². The maximum absolute atomic E-state index is 12.0. The number of hydrogen-bond donors (Lipinski definition) is 2. The van der Waals surface area contributed by atoms with Crippen molar-refractivity contribution in [3.63, 3.8) is 0 Å². The lowest BCUT2D eigenvalue weighted by Crippen LogP contribution is -2.32. The minimum atomic E-state index is -0.196. The van der Waals surface area contributed by atoms with Crippen molar-refractivity contribution in [1.29, 1.82) is 0 Å². The van der Waals surface area contributed by atoms with E-state index in [1.165, 1.54) is 30.6 Å². The third-order valence-corrected chi connectivity index (χ3v) is 5.77. The molecular formula is C17H26N4O3S. The van der Waals surface area contributed by atoms with Crippen LogP contribution in [0.15, 0.2) is 0 Å². The van der Waals surface area contributed by atoms with E-state index in [0.29, 0.717) is 17.6 Å². The predicted octanol–water partition coefficient (Wildman–Crippen LogP) is 2.60. The number of nitrogens with zero attached hydrogens (tertiary/aromatic N) is 2. The Morgan fingerprint density at radius 3 is 2.60 bits per heavy atom. The third kappa shape index (κ3) is 5.74. The van der Waals surface area contributed by atoms with Crippen molar-refractivity contribution >= 4 is 28.3 Å². The first kappa shape index (κ1) is 18.3. The molecule has 1 aromatic rings. The molecule has 138 valence electrons. The zero-order valence-electron chi connectivity index (χ0n) is 14.5. The van der Waals surface area contributed by atoms with Gasteiger partial charge < -0.3 is 15.4 Å². The number of amides is 2. The lowest BCUT2D eigenvalue weighted by molar-refractivity contribution is -0.124. The van der Waals surface area contributed by atoms with E-state index in [4.69, 9.17) is 4.74 Å². The molecule has 1 aromatic heterocycles. The van der Waals surface area contributed by atoms with Crippen LogP contribution in [0.4, 0.5) is 5.13 Å². The summed E-state index contributed by atoms with van der Waals surface area (Å²) in [6.45, 7) is 1.30. The third-order valence-electron chi connectivity index (χ3n) is 4.77. The topological polar surface area (TPSA) is 93.2 Å². The molecule has 25 heavy (non-hydrogen) atoms. The van der Waals surface area contributed by atoms with Crippen LogP contribution in [-0.4, -0.2) is 41.3 Å². The molecule has 2 amide bonds. The molecule has 0 spiro atoms. The lowest BCUT2D eigenvalue weighted by Gasteiger charge is -2.18. The van der Waals surface area contributed by atoms with E-state index in [0.717, 1.165) is 37.3 Å². The highest BCUT2D eigenvalue weighted by Crippen LogP contribution is 2.35. The Kier molecular flexibility index (Phi) is 6.75. The maximum atomic E-state index is 12.0. The molecule has 1 saturated heterocycles.